The van der Waals surface area contributed by atoms with E-state index in [1.807, 2.05) is 27.7 Å². The molecule has 8 bridgehead atoms. The molecule has 416 valence electrons. The van der Waals surface area contributed by atoms with Gasteiger partial charge in [0.1, 0.15) is 23.0 Å². The first kappa shape index (κ1) is 62.2. The highest BCUT2D eigenvalue weighted by Crippen LogP contribution is 2.56. The number of amides is 4. The molecular weight excluding hydrogens is 1030 g/mol. The summed E-state index contributed by atoms with van der Waals surface area (Å²) in [5.74, 6) is 0.949. The third-order valence-corrected chi connectivity index (χ3v) is 16.3. The van der Waals surface area contributed by atoms with Gasteiger partial charge in [0.2, 0.25) is 0 Å². The van der Waals surface area contributed by atoms with E-state index in [4.69, 9.17) is 18.9 Å². The van der Waals surface area contributed by atoms with E-state index in [1.54, 1.807) is 0 Å². The fourth-order valence-corrected chi connectivity index (χ4v) is 12.3. The summed E-state index contributed by atoms with van der Waals surface area (Å²) in [5.41, 5.74) is 2.66. The Balaban J connectivity index is 2.02. The van der Waals surface area contributed by atoms with Crippen molar-refractivity contribution < 1.29 is 38.1 Å². The topological polar surface area (TPSA) is 153 Å². The van der Waals surface area contributed by atoms with Crippen molar-refractivity contribution in [2.24, 2.45) is 0 Å². The van der Waals surface area contributed by atoms with Crippen LogP contribution in [0.3, 0.4) is 0 Å². The number of nitrogens with one attached hydrogen (secondary N) is 4. The van der Waals surface area contributed by atoms with Crippen molar-refractivity contribution in [2.45, 2.75) is 197 Å². The van der Waals surface area contributed by atoms with Crippen molar-refractivity contribution in [3.05, 3.63) is 70.8 Å². The standard InChI is InChI=1S/C60H84N4O8S4/c1-17-21-61-49(65)33-69-53-41-25-37(57(5,6)7)26-42(53)74-44-28-39(59(11,12)13)30-46(55(44)71-35-51(67)63-23-19-3)76-48-32-40(60(14,15)16)31-47(56(48)72-36-52(68)64-24-20-4)75-45-29-38(58(8,9)10)27-43(73-41)54(45)70-34-50(66)62-22-18-2/h25-32H,17-24,33-36H2,1-16H3,(H,61,65)(H,62,66)(H,63,67)(H,64,68). The molecule has 0 fully saturated rings. The average Bonchev–Trinajstić information content (AvgIpc) is 3.33. The molecule has 0 aromatic heterocycles. The second-order valence-corrected chi connectivity index (χ2v) is 27.5. The Hall–Kier alpha value is -4.64. The van der Waals surface area contributed by atoms with Crippen LogP contribution < -0.4 is 40.2 Å². The van der Waals surface area contributed by atoms with Gasteiger partial charge < -0.3 is 40.2 Å². The number of carbonyl (C=O) groups is 4. The third kappa shape index (κ3) is 17.7. The lowest BCUT2D eigenvalue weighted by Gasteiger charge is -2.28. The summed E-state index contributed by atoms with van der Waals surface area (Å²) in [6.07, 6.45) is 3.07. The molecule has 0 radical (unpaired) electrons. The minimum absolute atomic E-state index is 0.242. The minimum Gasteiger partial charge on any atom is -0.481 e. The van der Waals surface area contributed by atoms with Crippen LogP contribution in [0.1, 0.15) is 159 Å². The largest absolute Gasteiger partial charge is 0.481 e. The van der Waals surface area contributed by atoms with Crippen LogP contribution in [0.5, 0.6) is 23.0 Å². The molecule has 4 aromatic rings. The van der Waals surface area contributed by atoms with E-state index in [1.165, 1.54) is 47.0 Å². The maximum absolute atomic E-state index is 13.5. The molecule has 1 aliphatic heterocycles. The van der Waals surface area contributed by atoms with Crippen molar-refractivity contribution in [3.8, 4) is 23.0 Å². The van der Waals surface area contributed by atoms with Gasteiger partial charge in [0, 0.05) is 26.2 Å². The molecular formula is C60H84N4O8S4. The minimum atomic E-state index is -0.351. The molecule has 1 heterocycles. The normalized spacial score (nSPS) is 12.8. The zero-order valence-corrected chi connectivity index (χ0v) is 51.3. The van der Waals surface area contributed by atoms with Crippen molar-refractivity contribution in [1.29, 1.82) is 0 Å². The Labute approximate surface area is 471 Å². The van der Waals surface area contributed by atoms with E-state index in [-0.39, 0.29) is 71.7 Å². The fraction of sp³-hybridized carbons (Fsp3) is 0.533. The van der Waals surface area contributed by atoms with Crippen LogP contribution in [-0.2, 0) is 40.8 Å². The van der Waals surface area contributed by atoms with Crippen LogP contribution in [0.15, 0.2) is 87.7 Å². The summed E-state index contributed by atoms with van der Waals surface area (Å²) in [6.45, 7) is 35.1. The molecule has 76 heavy (non-hydrogen) atoms. The first-order valence-corrected chi connectivity index (χ1v) is 30.0. The monoisotopic (exact) mass is 1120 g/mol. The van der Waals surface area contributed by atoms with Crippen LogP contribution in [0.25, 0.3) is 0 Å². The summed E-state index contributed by atoms with van der Waals surface area (Å²) in [6, 6.07) is 17.0. The van der Waals surface area contributed by atoms with Gasteiger partial charge in [-0.05, 0) is 118 Å². The predicted octanol–water partition coefficient (Wildman–Crippen LogP) is 13.4. The Morgan fingerprint density at radius 3 is 0.618 bits per heavy atom. The molecule has 1 aliphatic rings. The first-order valence-electron chi connectivity index (χ1n) is 26.7. The highest BCUT2D eigenvalue weighted by atomic mass is 32.2. The number of hydrogen-bond donors (Lipinski definition) is 4. The molecule has 4 aromatic carbocycles. The number of rotatable bonds is 20. The molecule has 12 nitrogen and oxygen atoms in total. The Kier molecular flexibility index (Phi) is 22.3. The molecule has 0 atom stereocenters. The van der Waals surface area contributed by atoms with Crippen LogP contribution in [0.2, 0.25) is 0 Å². The zero-order valence-electron chi connectivity index (χ0n) is 48.0. The fourth-order valence-electron chi connectivity index (χ4n) is 7.50. The summed E-state index contributed by atoms with van der Waals surface area (Å²) in [4.78, 5) is 60.0. The van der Waals surface area contributed by atoms with Crippen LogP contribution in [0, 0.1) is 0 Å². The molecule has 4 N–H and O–H groups in total. The van der Waals surface area contributed by atoms with Gasteiger partial charge in [-0.3, -0.25) is 19.2 Å². The van der Waals surface area contributed by atoms with Crippen LogP contribution in [-0.4, -0.2) is 76.2 Å². The van der Waals surface area contributed by atoms with Gasteiger partial charge in [-0.25, -0.2) is 0 Å². The van der Waals surface area contributed by atoms with Crippen molar-refractivity contribution >= 4 is 70.7 Å². The van der Waals surface area contributed by atoms with Crippen molar-refractivity contribution in [2.75, 3.05) is 52.6 Å². The summed E-state index contributed by atoms with van der Waals surface area (Å²) >= 11 is 5.83. The first-order chi connectivity index (χ1) is 35.7. The second-order valence-electron chi connectivity index (χ2n) is 23.2. The van der Waals surface area contributed by atoms with Gasteiger partial charge in [-0.2, -0.15) is 0 Å². The Bertz CT molecular complexity index is 2240. The number of fused-ring (bicyclic) bond motifs is 8. The van der Waals surface area contributed by atoms with Gasteiger partial charge in [0.15, 0.2) is 26.4 Å². The molecule has 16 heteroatoms. The van der Waals surface area contributed by atoms with Gasteiger partial charge in [0.05, 0.1) is 39.2 Å². The van der Waals surface area contributed by atoms with E-state index in [0.29, 0.717) is 49.2 Å². The Morgan fingerprint density at radius 1 is 0.329 bits per heavy atom. The summed E-state index contributed by atoms with van der Waals surface area (Å²) in [5, 5.41) is 11.9. The van der Waals surface area contributed by atoms with E-state index < -0.39 is 0 Å². The molecule has 5 rings (SSSR count). The van der Waals surface area contributed by atoms with Crippen LogP contribution in [0.4, 0.5) is 0 Å². The van der Waals surface area contributed by atoms with E-state index in [0.717, 1.165) is 87.1 Å². The Morgan fingerprint density at radius 2 is 0.487 bits per heavy atom. The second kappa shape index (κ2) is 27.3. The van der Waals surface area contributed by atoms with Gasteiger partial charge in [-0.1, -0.05) is 158 Å². The lowest BCUT2D eigenvalue weighted by molar-refractivity contribution is -0.123. The lowest BCUT2D eigenvalue weighted by Crippen LogP contribution is -2.29. The lowest BCUT2D eigenvalue weighted by atomic mass is 9.87. The maximum Gasteiger partial charge on any atom is 0.257 e. The average molecular weight is 1120 g/mol. The van der Waals surface area contributed by atoms with Gasteiger partial charge in [-0.15, -0.1) is 0 Å². The molecule has 0 saturated heterocycles. The number of ether oxygens (including phenoxy) is 4. The maximum atomic E-state index is 13.5. The van der Waals surface area contributed by atoms with Crippen LogP contribution >= 0.6 is 47.0 Å². The number of hydrogen-bond acceptors (Lipinski definition) is 12. The SMILES string of the molecule is CCCNC(=O)COc1c2cc(C(C)(C)C)cc1Sc1cc(C(C)(C)C)cc(c1OCC(=O)NCCC)Sc1cc(C(C)(C)C)cc(c1OCC(=O)NCCC)Sc1cc(C(C)(C)C)cc(c1OCC(=O)NCCC)S2. The van der Waals surface area contributed by atoms with Gasteiger partial charge >= 0.3 is 0 Å². The highest BCUT2D eigenvalue weighted by Gasteiger charge is 2.31. The summed E-state index contributed by atoms with van der Waals surface area (Å²) < 4.78 is 27.1. The van der Waals surface area contributed by atoms with E-state index in [2.05, 4.69) is 153 Å². The molecule has 0 saturated carbocycles. The highest BCUT2D eigenvalue weighted by molar-refractivity contribution is 8.01. The van der Waals surface area contributed by atoms with Crippen molar-refractivity contribution in [1.82, 2.24) is 21.3 Å². The number of carbonyl (C=O) groups excluding carboxylic acids is 4. The zero-order chi connectivity index (χ0) is 56.2. The molecule has 0 unspecified atom stereocenters. The molecule has 4 amide bonds. The third-order valence-electron chi connectivity index (χ3n) is 12.1. The molecule has 0 spiro atoms. The number of benzene rings is 4. The summed E-state index contributed by atoms with van der Waals surface area (Å²) in [7, 11) is 0. The predicted molar refractivity (Wildman–Crippen MR) is 312 cm³/mol. The molecule has 0 aliphatic carbocycles. The quantitative estimate of drug-likeness (QED) is 0.0587. The van der Waals surface area contributed by atoms with Crippen molar-refractivity contribution in [3.63, 3.8) is 0 Å². The smallest absolute Gasteiger partial charge is 0.257 e. The van der Waals surface area contributed by atoms with E-state index >= 15 is 0 Å². The van der Waals surface area contributed by atoms with E-state index in [9.17, 15) is 19.2 Å². The van der Waals surface area contributed by atoms with Gasteiger partial charge in [0.25, 0.3) is 23.6 Å².